The number of nitrogens with zero attached hydrogens (tertiary/aromatic N) is 3. The SMILES string of the molecule is Cc1cc([N+](=O)[O-])nn1CC(O)C1CCCCC1. The molecule has 100 valence electrons. The number of aliphatic hydroxyl groups is 1. The molecule has 1 saturated carbocycles. The third-order valence-corrected chi connectivity index (χ3v) is 3.71. The van der Waals surface area contributed by atoms with Gasteiger partial charge in [0.25, 0.3) is 0 Å². The molecule has 1 heterocycles. The second-order valence-electron chi connectivity index (χ2n) is 5.05. The fourth-order valence-corrected chi connectivity index (χ4v) is 2.61. The van der Waals surface area contributed by atoms with Crippen molar-refractivity contribution in [3.8, 4) is 0 Å². The van der Waals surface area contributed by atoms with Gasteiger partial charge in [0.15, 0.2) is 0 Å². The van der Waals surface area contributed by atoms with Crippen molar-refractivity contribution in [3.05, 3.63) is 21.9 Å². The molecule has 1 fully saturated rings. The molecule has 0 saturated heterocycles. The molecule has 0 amide bonds. The van der Waals surface area contributed by atoms with Gasteiger partial charge >= 0.3 is 5.82 Å². The summed E-state index contributed by atoms with van der Waals surface area (Å²) in [6.45, 7) is 2.12. The largest absolute Gasteiger partial charge is 0.391 e. The molecule has 6 heteroatoms. The fourth-order valence-electron chi connectivity index (χ4n) is 2.61. The van der Waals surface area contributed by atoms with E-state index in [2.05, 4.69) is 5.10 Å². The summed E-state index contributed by atoms with van der Waals surface area (Å²) < 4.78 is 1.54. The zero-order valence-electron chi connectivity index (χ0n) is 10.6. The van der Waals surface area contributed by atoms with Crippen LogP contribution in [0.4, 0.5) is 5.82 Å². The minimum Gasteiger partial charge on any atom is -0.391 e. The Hall–Kier alpha value is -1.43. The first kappa shape index (κ1) is 13.0. The molecule has 1 aromatic heterocycles. The second kappa shape index (κ2) is 5.48. The van der Waals surface area contributed by atoms with Gasteiger partial charge in [-0.3, -0.25) is 0 Å². The van der Waals surface area contributed by atoms with Gasteiger partial charge in [-0.05, 0) is 30.6 Å². The van der Waals surface area contributed by atoms with Crippen LogP contribution < -0.4 is 0 Å². The maximum Gasteiger partial charge on any atom is 0.390 e. The Morgan fingerprint density at radius 3 is 2.78 bits per heavy atom. The zero-order chi connectivity index (χ0) is 13.1. The molecule has 2 rings (SSSR count). The molecule has 1 aliphatic rings. The third kappa shape index (κ3) is 2.87. The number of aromatic nitrogens is 2. The van der Waals surface area contributed by atoms with E-state index in [1.165, 1.54) is 30.0 Å². The van der Waals surface area contributed by atoms with Gasteiger partial charge < -0.3 is 15.2 Å². The highest BCUT2D eigenvalue weighted by molar-refractivity contribution is 5.20. The Morgan fingerprint density at radius 2 is 2.22 bits per heavy atom. The van der Waals surface area contributed by atoms with Crippen LogP contribution in [-0.2, 0) is 6.54 Å². The lowest BCUT2D eigenvalue weighted by Gasteiger charge is -2.25. The summed E-state index contributed by atoms with van der Waals surface area (Å²) in [6.07, 6.45) is 5.21. The molecular weight excluding hydrogens is 234 g/mol. The van der Waals surface area contributed by atoms with E-state index in [0.29, 0.717) is 12.5 Å². The number of rotatable bonds is 4. The van der Waals surface area contributed by atoms with Crippen molar-refractivity contribution in [1.29, 1.82) is 0 Å². The second-order valence-corrected chi connectivity index (χ2v) is 5.05. The van der Waals surface area contributed by atoms with E-state index in [-0.39, 0.29) is 5.82 Å². The fraction of sp³-hybridized carbons (Fsp3) is 0.750. The molecule has 6 nitrogen and oxygen atoms in total. The topological polar surface area (TPSA) is 81.2 Å². The Balaban J connectivity index is 2.01. The lowest BCUT2D eigenvalue weighted by Crippen LogP contribution is -2.28. The number of hydrogen-bond acceptors (Lipinski definition) is 4. The molecule has 1 aliphatic carbocycles. The Labute approximate surface area is 106 Å². The summed E-state index contributed by atoms with van der Waals surface area (Å²) in [6, 6.07) is 1.44. The predicted molar refractivity (Wildman–Crippen MR) is 66.2 cm³/mol. The van der Waals surface area contributed by atoms with Gasteiger partial charge in [-0.1, -0.05) is 19.3 Å². The van der Waals surface area contributed by atoms with E-state index < -0.39 is 11.0 Å². The molecule has 0 aromatic carbocycles. The maximum absolute atomic E-state index is 10.6. The lowest BCUT2D eigenvalue weighted by atomic mass is 9.85. The van der Waals surface area contributed by atoms with Gasteiger partial charge in [0.1, 0.15) is 0 Å². The number of aliphatic hydroxyl groups excluding tert-OH is 1. The van der Waals surface area contributed by atoms with Crippen LogP contribution in [0.5, 0.6) is 0 Å². The average Bonchev–Trinajstić information content (AvgIpc) is 2.72. The molecule has 1 N–H and O–H groups in total. The van der Waals surface area contributed by atoms with E-state index >= 15 is 0 Å². The highest BCUT2D eigenvalue weighted by Crippen LogP contribution is 2.27. The van der Waals surface area contributed by atoms with E-state index in [1.807, 2.05) is 0 Å². The summed E-state index contributed by atoms with van der Waals surface area (Å²) >= 11 is 0. The smallest absolute Gasteiger partial charge is 0.390 e. The van der Waals surface area contributed by atoms with Gasteiger partial charge in [0, 0.05) is 0 Å². The molecule has 18 heavy (non-hydrogen) atoms. The highest BCUT2D eigenvalue weighted by atomic mass is 16.6. The summed E-state index contributed by atoms with van der Waals surface area (Å²) in [4.78, 5) is 10.1. The van der Waals surface area contributed by atoms with Gasteiger partial charge in [-0.2, -0.15) is 4.68 Å². The summed E-state index contributed by atoms with van der Waals surface area (Å²) in [5.74, 6) is 0.157. The number of nitro groups is 1. The monoisotopic (exact) mass is 253 g/mol. The summed E-state index contributed by atoms with van der Waals surface area (Å²) in [5.41, 5.74) is 0.719. The highest BCUT2D eigenvalue weighted by Gasteiger charge is 2.25. The van der Waals surface area contributed by atoms with Crippen molar-refractivity contribution >= 4 is 5.82 Å². The minimum absolute atomic E-state index is 0.150. The van der Waals surface area contributed by atoms with Crippen LogP contribution in [0.15, 0.2) is 6.07 Å². The van der Waals surface area contributed by atoms with E-state index in [1.54, 1.807) is 6.92 Å². The van der Waals surface area contributed by atoms with E-state index in [9.17, 15) is 15.2 Å². The van der Waals surface area contributed by atoms with Crippen LogP contribution >= 0.6 is 0 Å². The lowest BCUT2D eigenvalue weighted by molar-refractivity contribution is -0.389. The average molecular weight is 253 g/mol. The maximum atomic E-state index is 10.6. The predicted octanol–water partition coefficient (Wildman–Crippen LogP) is 2.04. The Bertz CT molecular complexity index is 424. The molecule has 1 unspecified atom stereocenters. The van der Waals surface area contributed by atoms with Crippen molar-refractivity contribution in [2.45, 2.75) is 51.7 Å². The van der Waals surface area contributed by atoms with Crippen LogP contribution in [0.25, 0.3) is 0 Å². The zero-order valence-corrected chi connectivity index (χ0v) is 10.6. The Kier molecular flexibility index (Phi) is 3.96. The molecule has 0 spiro atoms. The Morgan fingerprint density at radius 1 is 1.56 bits per heavy atom. The van der Waals surface area contributed by atoms with Crippen LogP contribution in [0.3, 0.4) is 0 Å². The van der Waals surface area contributed by atoms with Crippen LogP contribution in [-0.4, -0.2) is 25.9 Å². The van der Waals surface area contributed by atoms with Gasteiger partial charge in [0.2, 0.25) is 0 Å². The van der Waals surface area contributed by atoms with Gasteiger partial charge in [0.05, 0.1) is 29.5 Å². The minimum atomic E-state index is -0.503. The normalized spacial score (nSPS) is 18.8. The van der Waals surface area contributed by atoms with Gasteiger partial charge in [-0.15, -0.1) is 0 Å². The van der Waals surface area contributed by atoms with Crippen molar-refractivity contribution in [2.24, 2.45) is 5.92 Å². The van der Waals surface area contributed by atoms with Crippen molar-refractivity contribution in [2.75, 3.05) is 0 Å². The standard InChI is InChI=1S/C12H19N3O3/c1-9-7-12(15(17)18)13-14(9)8-11(16)10-5-3-2-4-6-10/h7,10-11,16H,2-6,8H2,1H3. The molecule has 1 aromatic rings. The summed E-state index contributed by atoms with van der Waals surface area (Å²) in [7, 11) is 0. The quantitative estimate of drug-likeness (QED) is 0.657. The van der Waals surface area contributed by atoms with Crippen molar-refractivity contribution in [3.63, 3.8) is 0 Å². The molecule has 1 atom stereocenters. The van der Waals surface area contributed by atoms with Crippen LogP contribution in [0.2, 0.25) is 0 Å². The van der Waals surface area contributed by atoms with Crippen molar-refractivity contribution < 1.29 is 10.0 Å². The molecule has 0 aliphatic heterocycles. The first-order valence-electron chi connectivity index (χ1n) is 6.45. The van der Waals surface area contributed by atoms with Gasteiger partial charge in [-0.25, -0.2) is 0 Å². The van der Waals surface area contributed by atoms with Crippen molar-refractivity contribution in [1.82, 2.24) is 9.78 Å². The van der Waals surface area contributed by atoms with Crippen LogP contribution in [0.1, 0.15) is 37.8 Å². The number of hydrogen-bond donors (Lipinski definition) is 1. The first-order chi connectivity index (χ1) is 8.58. The van der Waals surface area contributed by atoms with E-state index in [4.69, 9.17) is 0 Å². The molecule has 0 radical (unpaired) electrons. The first-order valence-corrected chi connectivity index (χ1v) is 6.45. The third-order valence-electron chi connectivity index (χ3n) is 3.71. The molecular formula is C12H19N3O3. The van der Waals surface area contributed by atoms with Crippen LogP contribution in [0, 0.1) is 23.0 Å². The summed E-state index contributed by atoms with van der Waals surface area (Å²) in [5, 5.41) is 24.7. The van der Waals surface area contributed by atoms with E-state index in [0.717, 1.165) is 18.5 Å². The number of aryl methyl sites for hydroxylation is 1. The molecule has 0 bridgehead atoms.